The summed E-state index contributed by atoms with van der Waals surface area (Å²) in [5.74, 6) is 1.15. The predicted molar refractivity (Wildman–Crippen MR) is 121 cm³/mol. The van der Waals surface area contributed by atoms with E-state index in [9.17, 15) is 8.42 Å². The second-order valence-corrected chi connectivity index (χ2v) is 10.1. The van der Waals surface area contributed by atoms with Crippen molar-refractivity contribution in [1.82, 2.24) is 4.98 Å². The molecule has 0 atom stereocenters. The van der Waals surface area contributed by atoms with Crippen LogP contribution in [0.3, 0.4) is 0 Å². The summed E-state index contributed by atoms with van der Waals surface area (Å²) in [6.45, 7) is 1.04. The zero-order chi connectivity index (χ0) is 22.1. The predicted octanol–water partition coefficient (Wildman–Crippen LogP) is 5.27. The third-order valence-corrected chi connectivity index (χ3v) is 7.69. The molecule has 0 radical (unpaired) electrons. The molecule has 1 N–H and O–H groups in total. The average molecular weight is 489 g/mol. The van der Waals surface area contributed by atoms with Gasteiger partial charge in [0.2, 0.25) is 26.6 Å². The number of sulfone groups is 1. The number of hydrogen-bond acceptors (Lipinski definition) is 8. The molecule has 2 aromatic carbocycles. The topological polar surface area (TPSA) is 90.7 Å². The van der Waals surface area contributed by atoms with Crippen LogP contribution in [-0.2, 0) is 16.4 Å². The van der Waals surface area contributed by atoms with Gasteiger partial charge in [-0.05, 0) is 35.2 Å². The number of nitrogens with zero attached hydrogens (tertiary/aromatic N) is 1. The van der Waals surface area contributed by atoms with E-state index in [4.69, 9.17) is 25.5 Å². The molecule has 0 unspecified atom stereocenters. The van der Waals surface area contributed by atoms with Gasteiger partial charge >= 0.3 is 0 Å². The Morgan fingerprint density at radius 3 is 2.62 bits per heavy atom. The van der Waals surface area contributed by atoms with Crippen LogP contribution in [0.15, 0.2) is 74.3 Å². The summed E-state index contributed by atoms with van der Waals surface area (Å²) < 4.78 is 43.9. The SMILES string of the molecule is O=S(=O)(c1ccc2c(c1)OCCO2)c1nc(-c2cccs2)oc1NCc1ccccc1Cl. The molecule has 2 aromatic heterocycles. The summed E-state index contributed by atoms with van der Waals surface area (Å²) in [7, 11) is -4.02. The number of aromatic nitrogens is 1. The molecule has 32 heavy (non-hydrogen) atoms. The minimum atomic E-state index is -4.02. The Balaban J connectivity index is 1.55. The van der Waals surface area contributed by atoms with E-state index in [0.29, 0.717) is 29.7 Å². The Morgan fingerprint density at radius 1 is 1.03 bits per heavy atom. The summed E-state index contributed by atoms with van der Waals surface area (Å²) in [4.78, 5) is 5.09. The first kappa shape index (κ1) is 20.9. The molecule has 1 aliphatic heterocycles. The Hall–Kier alpha value is -3.01. The lowest BCUT2D eigenvalue weighted by atomic mass is 10.2. The Labute approximate surface area is 193 Å². The second kappa shape index (κ2) is 8.50. The summed E-state index contributed by atoms with van der Waals surface area (Å²) in [5.41, 5.74) is 0.797. The lowest BCUT2D eigenvalue weighted by Gasteiger charge is -2.18. The lowest BCUT2D eigenvalue weighted by molar-refractivity contribution is 0.171. The van der Waals surface area contributed by atoms with Crippen LogP contribution in [0, 0.1) is 0 Å². The van der Waals surface area contributed by atoms with Crippen molar-refractivity contribution < 1.29 is 22.3 Å². The first-order chi connectivity index (χ1) is 15.5. The van der Waals surface area contributed by atoms with Gasteiger partial charge in [0.25, 0.3) is 0 Å². The summed E-state index contributed by atoms with van der Waals surface area (Å²) >= 11 is 7.64. The third kappa shape index (κ3) is 3.94. The van der Waals surface area contributed by atoms with Crippen LogP contribution < -0.4 is 14.8 Å². The number of nitrogens with one attached hydrogen (secondary N) is 1. The molecule has 7 nitrogen and oxygen atoms in total. The van der Waals surface area contributed by atoms with Crippen molar-refractivity contribution in [3.05, 3.63) is 70.6 Å². The van der Waals surface area contributed by atoms with Crippen molar-refractivity contribution >= 4 is 38.7 Å². The largest absolute Gasteiger partial charge is 0.486 e. The van der Waals surface area contributed by atoms with E-state index in [1.54, 1.807) is 12.1 Å². The van der Waals surface area contributed by atoms with Crippen LogP contribution in [-0.4, -0.2) is 26.6 Å². The molecule has 164 valence electrons. The molecule has 0 amide bonds. The number of thiophene rings is 1. The molecule has 4 aromatic rings. The zero-order valence-electron chi connectivity index (χ0n) is 16.6. The first-order valence-electron chi connectivity index (χ1n) is 9.69. The summed E-state index contributed by atoms with van der Waals surface area (Å²) in [5, 5.41) is 5.27. The van der Waals surface area contributed by atoms with Crippen LogP contribution in [0.5, 0.6) is 11.5 Å². The molecule has 1 aliphatic rings. The van der Waals surface area contributed by atoms with Crippen molar-refractivity contribution in [1.29, 1.82) is 0 Å². The van der Waals surface area contributed by atoms with Crippen molar-refractivity contribution in [3.8, 4) is 22.3 Å². The smallest absolute Gasteiger partial charge is 0.240 e. The molecule has 0 bridgehead atoms. The average Bonchev–Trinajstić information content (AvgIpc) is 3.48. The van der Waals surface area contributed by atoms with Gasteiger partial charge in [0.15, 0.2) is 11.5 Å². The van der Waals surface area contributed by atoms with Gasteiger partial charge in [-0.15, -0.1) is 11.3 Å². The maximum atomic E-state index is 13.5. The number of anilines is 1. The molecule has 3 heterocycles. The Bertz CT molecular complexity index is 1370. The number of ether oxygens (including phenoxy) is 2. The van der Waals surface area contributed by atoms with E-state index in [0.717, 1.165) is 10.4 Å². The van der Waals surface area contributed by atoms with Crippen LogP contribution in [0.4, 0.5) is 5.88 Å². The Morgan fingerprint density at radius 2 is 1.84 bits per heavy atom. The van der Waals surface area contributed by atoms with Gasteiger partial charge in [-0.2, -0.15) is 4.98 Å². The van der Waals surface area contributed by atoms with E-state index in [1.807, 2.05) is 35.7 Å². The molecule has 0 saturated carbocycles. The van der Waals surface area contributed by atoms with Gasteiger partial charge in [0, 0.05) is 17.6 Å². The molecule has 0 spiro atoms. The van der Waals surface area contributed by atoms with Gasteiger partial charge in [-0.3, -0.25) is 0 Å². The normalized spacial score (nSPS) is 13.2. The van der Waals surface area contributed by atoms with Gasteiger partial charge in [0.05, 0.1) is 9.77 Å². The van der Waals surface area contributed by atoms with Gasteiger partial charge in [0.1, 0.15) is 13.2 Å². The quantitative estimate of drug-likeness (QED) is 0.395. The van der Waals surface area contributed by atoms with Crippen LogP contribution >= 0.6 is 22.9 Å². The van der Waals surface area contributed by atoms with E-state index >= 15 is 0 Å². The number of rotatable bonds is 6. The first-order valence-corrected chi connectivity index (χ1v) is 12.4. The van der Waals surface area contributed by atoms with Crippen LogP contribution in [0.1, 0.15) is 5.56 Å². The number of benzene rings is 2. The second-order valence-electron chi connectivity index (χ2n) is 6.88. The van der Waals surface area contributed by atoms with Crippen molar-refractivity contribution in [3.63, 3.8) is 0 Å². The fraction of sp³-hybridized carbons (Fsp3) is 0.136. The van der Waals surface area contributed by atoms with Gasteiger partial charge in [-0.25, -0.2) is 8.42 Å². The Kier molecular flexibility index (Phi) is 5.54. The van der Waals surface area contributed by atoms with Crippen molar-refractivity contribution in [2.24, 2.45) is 0 Å². The lowest BCUT2D eigenvalue weighted by Crippen LogP contribution is -2.16. The molecule has 5 rings (SSSR count). The summed E-state index contributed by atoms with van der Waals surface area (Å²) in [6.07, 6.45) is 0. The molecular formula is C22H17ClN2O5S2. The highest BCUT2D eigenvalue weighted by molar-refractivity contribution is 7.91. The fourth-order valence-corrected chi connectivity index (χ4v) is 5.37. The van der Waals surface area contributed by atoms with Gasteiger partial charge in [-0.1, -0.05) is 35.9 Å². The molecule has 10 heteroatoms. The molecule has 0 fully saturated rings. The highest BCUT2D eigenvalue weighted by Crippen LogP contribution is 2.38. The minimum absolute atomic E-state index is 0.0357. The van der Waals surface area contributed by atoms with Crippen molar-refractivity contribution in [2.75, 3.05) is 18.5 Å². The molecule has 0 saturated heterocycles. The van der Waals surface area contributed by atoms with Crippen LogP contribution in [0.25, 0.3) is 10.8 Å². The minimum Gasteiger partial charge on any atom is -0.486 e. The monoisotopic (exact) mass is 488 g/mol. The fourth-order valence-electron chi connectivity index (χ4n) is 3.23. The van der Waals surface area contributed by atoms with Crippen molar-refractivity contribution in [2.45, 2.75) is 16.5 Å². The number of fused-ring (bicyclic) bond motifs is 1. The number of oxazole rings is 1. The zero-order valence-corrected chi connectivity index (χ0v) is 19.0. The highest BCUT2D eigenvalue weighted by atomic mass is 35.5. The number of hydrogen-bond donors (Lipinski definition) is 1. The van der Waals surface area contributed by atoms with Crippen LogP contribution in [0.2, 0.25) is 5.02 Å². The van der Waals surface area contributed by atoms with E-state index < -0.39 is 9.84 Å². The van der Waals surface area contributed by atoms with Gasteiger partial charge < -0.3 is 19.2 Å². The maximum absolute atomic E-state index is 13.5. The maximum Gasteiger partial charge on any atom is 0.240 e. The standard InChI is InChI=1S/C22H17ClN2O5S2/c23-16-5-2-1-4-14(16)13-24-21-22(25-20(30-21)19-6-3-11-31-19)32(26,27)15-7-8-17-18(12-15)29-10-9-28-17/h1-8,11-12,24H,9-10,13H2. The molecule has 0 aliphatic carbocycles. The van der Waals surface area contributed by atoms with E-state index in [2.05, 4.69) is 10.3 Å². The third-order valence-electron chi connectivity index (χ3n) is 4.80. The molecular weight excluding hydrogens is 472 g/mol. The number of halogens is 1. The highest BCUT2D eigenvalue weighted by Gasteiger charge is 2.30. The summed E-state index contributed by atoms with van der Waals surface area (Å²) in [6, 6.07) is 15.5. The van der Waals surface area contributed by atoms with E-state index in [1.165, 1.54) is 23.5 Å². The van der Waals surface area contributed by atoms with E-state index in [-0.39, 0.29) is 28.2 Å².